The van der Waals surface area contributed by atoms with Crippen molar-refractivity contribution in [2.24, 2.45) is 0 Å². The van der Waals surface area contributed by atoms with Crippen molar-refractivity contribution < 1.29 is 0 Å². The first-order chi connectivity index (χ1) is 3.60. The molecule has 8 heavy (non-hydrogen) atoms. The highest BCUT2D eigenvalue weighted by Gasteiger charge is 2.28. The number of hydrogen-bond donors (Lipinski definition) is 1. The number of rotatable bonds is 0. The molecule has 0 N–H and O–H groups in total. The molecule has 1 aliphatic rings. The zero-order valence-electron chi connectivity index (χ0n) is 5.22. The minimum Gasteiger partial charge on any atom is -0.197 e. The highest BCUT2D eigenvalue weighted by molar-refractivity contribution is 8.06. The van der Waals surface area contributed by atoms with Gasteiger partial charge in [0, 0.05) is 11.3 Å². The lowest BCUT2D eigenvalue weighted by atomic mass is 10.1. The maximum atomic E-state index is 4.20. The molecule has 1 saturated heterocycles. The van der Waals surface area contributed by atoms with Crippen LogP contribution in [-0.4, -0.2) is 15.0 Å². The Morgan fingerprint density at radius 3 is 2.38 bits per heavy atom. The molecule has 0 aromatic heterocycles. The van der Waals surface area contributed by atoms with Gasteiger partial charge in [-0.25, -0.2) is 0 Å². The number of hydrogen-bond acceptors (Lipinski definition) is 3. The van der Waals surface area contributed by atoms with E-state index in [0.29, 0.717) is 4.75 Å². The van der Waals surface area contributed by atoms with Crippen molar-refractivity contribution in [2.45, 2.75) is 25.0 Å². The van der Waals surface area contributed by atoms with E-state index in [9.17, 15) is 0 Å². The molecular formula is C5H11NS2. The second kappa shape index (κ2) is 2.12. The van der Waals surface area contributed by atoms with Gasteiger partial charge in [-0.1, -0.05) is 24.8 Å². The zero-order valence-corrected chi connectivity index (χ0v) is 6.93. The summed E-state index contributed by atoms with van der Waals surface area (Å²) in [5, 5.41) is 0. The lowest BCUT2D eigenvalue weighted by Gasteiger charge is -2.13. The van der Waals surface area contributed by atoms with Crippen LogP contribution in [0.3, 0.4) is 0 Å². The summed E-state index contributed by atoms with van der Waals surface area (Å²) in [5.74, 6) is 0. The van der Waals surface area contributed by atoms with Crippen molar-refractivity contribution in [3.05, 3.63) is 0 Å². The molecule has 1 heterocycles. The van der Waals surface area contributed by atoms with E-state index in [0.717, 1.165) is 6.54 Å². The summed E-state index contributed by atoms with van der Waals surface area (Å²) >= 11 is 6.02. The maximum absolute atomic E-state index is 4.20. The van der Waals surface area contributed by atoms with E-state index in [-0.39, 0.29) is 0 Å². The van der Waals surface area contributed by atoms with Crippen molar-refractivity contribution in [1.29, 1.82) is 0 Å². The molecule has 0 atom stereocenters. The van der Waals surface area contributed by atoms with Crippen LogP contribution in [0.4, 0.5) is 0 Å². The molecule has 0 aliphatic carbocycles. The van der Waals surface area contributed by atoms with E-state index >= 15 is 0 Å². The van der Waals surface area contributed by atoms with Gasteiger partial charge in [0.05, 0.1) is 0 Å². The van der Waals surface area contributed by atoms with Gasteiger partial charge in [0.1, 0.15) is 0 Å². The van der Waals surface area contributed by atoms with E-state index in [1.54, 1.807) is 0 Å². The number of thiol groups is 1. The van der Waals surface area contributed by atoms with Crippen molar-refractivity contribution in [1.82, 2.24) is 3.71 Å². The first kappa shape index (κ1) is 6.78. The summed E-state index contributed by atoms with van der Waals surface area (Å²) < 4.78 is 2.43. The van der Waals surface area contributed by atoms with Crippen molar-refractivity contribution in [2.75, 3.05) is 6.54 Å². The molecule has 48 valence electrons. The Bertz CT molecular complexity index is 92.4. The molecule has 0 radical (unpaired) electrons. The predicted octanol–water partition coefficient (Wildman–Crippen LogP) is 1.96. The summed E-state index contributed by atoms with van der Waals surface area (Å²) in [6.07, 6.45) is 1.25. The van der Waals surface area contributed by atoms with Gasteiger partial charge in [-0.05, 0) is 20.3 Å². The van der Waals surface area contributed by atoms with Crippen LogP contribution in [-0.2, 0) is 0 Å². The van der Waals surface area contributed by atoms with Crippen LogP contribution >= 0.6 is 24.8 Å². The molecule has 0 aromatic rings. The van der Waals surface area contributed by atoms with Gasteiger partial charge in [0.15, 0.2) is 0 Å². The van der Waals surface area contributed by atoms with Gasteiger partial charge in [0.2, 0.25) is 0 Å². The van der Waals surface area contributed by atoms with Crippen LogP contribution in [0.2, 0.25) is 0 Å². The molecular weight excluding hydrogens is 138 g/mol. The Morgan fingerprint density at radius 2 is 2.25 bits per heavy atom. The second-order valence-electron chi connectivity index (χ2n) is 2.68. The summed E-state index contributed by atoms with van der Waals surface area (Å²) in [6.45, 7) is 5.60. The topological polar surface area (TPSA) is 3.24 Å². The first-order valence-corrected chi connectivity index (χ1v) is 3.93. The minimum absolute atomic E-state index is 0.432. The van der Waals surface area contributed by atoms with Crippen LogP contribution in [0.25, 0.3) is 0 Å². The molecule has 1 nitrogen and oxygen atoms in total. The molecule has 0 spiro atoms. The van der Waals surface area contributed by atoms with Gasteiger partial charge in [0.25, 0.3) is 0 Å². The van der Waals surface area contributed by atoms with Gasteiger partial charge in [-0.2, -0.15) is 3.71 Å². The molecule has 0 amide bonds. The SMILES string of the molecule is CC1(C)CCN(S)S1. The monoisotopic (exact) mass is 149 g/mol. The summed E-state index contributed by atoms with van der Waals surface area (Å²) in [4.78, 5) is 0. The largest absolute Gasteiger partial charge is 0.197 e. The smallest absolute Gasteiger partial charge is 0.0271 e. The van der Waals surface area contributed by atoms with E-state index in [1.807, 2.05) is 15.7 Å². The van der Waals surface area contributed by atoms with Crippen molar-refractivity contribution >= 4 is 24.8 Å². The van der Waals surface area contributed by atoms with Gasteiger partial charge in [-0.3, -0.25) is 0 Å². The fraction of sp³-hybridized carbons (Fsp3) is 1.00. The Balaban J connectivity index is 2.44. The van der Waals surface area contributed by atoms with Crippen LogP contribution in [0.5, 0.6) is 0 Å². The maximum Gasteiger partial charge on any atom is 0.0271 e. The van der Waals surface area contributed by atoms with E-state index in [2.05, 4.69) is 26.7 Å². The molecule has 1 rings (SSSR count). The summed E-state index contributed by atoms with van der Waals surface area (Å²) in [6, 6.07) is 0. The average molecular weight is 149 g/mol. The molecule has 3 heteroatoms. The Hall–Kier alpha value is 0.660. The van der Waals surface area contributed by atoms with E-state index in [1.165, 1.54) is 6.42 Å². The lowest BCUT2D eigenvalue weighted by molar-refractivity contribution is 0.645. The zero-order chi connectivity index (χ0) is 6.20. The fourth-order valence-electron chi connectivity index (χ4n) is 0.741. The van der Waals surface area contributed by atoms with Crippen molar-refractivity contribution in [3.63, 3.8) is 0 Å². The van der Waals surface area contributed by atoms with Crippen LogP contribution in [0, 0.1) is 0 Å². The third kappa shape index (κ3) is 1.57. The fourth-order valence-corrected chi connectivity index (χ4v) is 2.44. The normalized spacial score (nSPS) is 28.9. The summed E-state index contributed by atoms with van der Waals surface area (Å²) in [7, 11) is 0. The highest BCUT2D eigenvalue weighted by Crippen LogP contribution is 2.38. The van der Waals surface area contributed by atoms with Gasteiger partial charge >= 0.3 is 0 Å². The van der Waals surface area contributed by atoms with Crippen LogP contribution in [0.15, 0.2) is 0 Å². The molecule has 0 saturated carbocycles. The third-order valence-corrected chi connectivity index (χ3v) is 2.79. The first-order valence-electron chi connectivity index (χ1n) is 2.76. The highest BCUT2D eigenvalue weighted by atomic mass is 32.2. The van der Waals surface area contributed by atoms with Crippen molar-refractivity contribution in [3.8, 4) is 0 Å². The van der Waals surface area contributed by atoms with Gasteiger partial charge < -0.3 is 0 Å². The van der Waals surface area contributed by atoms with E-state index in [4.69, 9.17) is 0 Å². The average Bonchev–Trinajstić information content (AvgIpc) is 1.82. The van der Waals surface area contributed by atoms with Gasteiger partial charge in [-0.15, -0.1) is 0 Å². The Labute approximate surface area is 60.5 Å². The quantitative estimate of drug-likeness (QED) is 0.414. The van der Waals surface area contributed by atoms with Crippen LogP contribution < -0.4 is 0 Å². The number of nitrogens with zero attached hydrogens (tertiary/aromatic N) is 1. The molecule has 1 fully saturated rings. The summed E-state index contributed by atoms with van der Waals surface area (Å²) in [5.41, 5.74) is 0. The third-order valence-electron chi connectivity index (χ3n) is 1.26. The standard InChI is InChI=1S/C5H11NS2/c1-5(2)3-4-6(7)8-5/h7H,3-4H2,1-2H3. The van der Waals surface area contributed by atoms with E-state index < -0.39 is 0 Å². The molecule has 0 aromatic carbocycles. The molecule has 0 bridgehead atoms. The molecule has 1 aliphatic heterocycles. The Morgan fingerprint density at radius 1 is 1.62 bits per heavy atom. The lowest BCUT2D eigenvalue weighted by Crippen LogP contribution is -2.07. The Kier molecular flexibility index (Phi) is 1.80. The predicted molar refractivity (Wildman–Crippen MR) is 42.0 cm³/mol. The molecule has 0 unspecified atom stereocenters. The second-order valence-corrected chi connectivity index (χ2v) is 5.16. The minimum atomic E-state index is 0.432. The van der Waals surface area contributed by atoms with Crippen LogP contribution in [0.1, 0.15) is 20.3 Å².